The van der Waals surface area contributed by atoms with E-state index in [1.54, 1.807) is 13.0 Å². The summed E-state index contributed by atoms with van der Waals surface area (Å²) in [5.74, 6) is -1.25. The smallest absolute Gasteiger partial charge is 0.388 e. The molecule has 3 amide bonds. The first-order chi connectivity index (χ1) is 20.6. The molecule has 4 aromatic rings. The highest BCUT2D eigenvalue weighted by Gasteiger charge is 2.38. The van der Waals surface area contributed by atoms with Crippen molar-refractivity contribution in [2.24, 2.45) is 0 Å². The molecule has 0 unspecified atom stereocenters. The van der Waals surface area contributed by atoms with E-state index < -0.39 is 36.0 Å². The molecule has 5 rings (SSSR count). The normalized spacial score (nSPS) is 14.0. The molecule has 0 saturated heterocycles. The summed E-state index contributed by atoms with van der Waals surface area (Å²) >= 11 is 0.735. The van der Waals surface area contributed by atoms with Gasteiger partial charge >= 0.3 is 18.0 Å². The number of rotatable bonds is 8. The van der Waals surface area contributed by atoms with Gasteiger partial charge in [0.05, 0.1) is 12.0 Å². The van der Waals surface area contributed by atoms with Gasteiger partial charge in [0.1, 0.15) is 10.8 Å². The molecular formula is C27H27F3N8O4S. The molecule has 4 heterocycles. The number of carbonyl (C=O) groups is 2. The van der Waals surface area contributed by atoms with Crippen molar-refractivity contribution in [2.75, 3.05) is 11.9 Å². The fraction of sp³-hybridized carbons (Fsp3) is 0.370. The van der Waals surface area contributed by atoms with Gasteiger partial charge in [-0.15, -0.1) is 16.4 Å². The maximum atomic E-state index is 14.2. The minimum absolute atomic E-state index is 0.0387. The summed E-state index contributed by atoms with van der Waals surface area (Å²) in [7, 11) is 0. The summed E-state index contributed by atoms with van der Waals surface area (Å²) in [6.07, 6.45) is 3.49. The third-order valence-electron chi connectivity index (χ3n) is 6.70. The van der Waals surface area contributed by atoms with E-state index >= 15 is 0 Å². The molecule has 43 heavy (non-hydrogen) atoms. The number of carbonyl (C=O) groups excluding carboxylic acids is 2. The predicted octanol–water partition coefficient (Wildman–Crippen LogP) is 4.76. The molecule has 1 fully saturated rings. The summed E-state index contributed by atoms with van der Waals surface area (Å²) in [4.78, 5) is 48.5. The summed E-state index contributed by atoms with van der Waals surface area (Å²) in [5, 5.41) is 13.9. The predicted molar refractivity (Wildman–Crippen MR) is 151 cm³/mol. The SMILES string of the molecule is CCNC(=O)Nc1cc(-c2nc(C(F)(F)F)c(CC(=O)NC3CCCCC3)s2)c(-c2cncc(-c3n[nH]c(=O)o3)c2)cn1. The largest absolute Gasteiger partial charge is 0.434 e. The molecular weight excluding hydrogens is 589 g/mol. The van der Waals surface area contributed by atoms with Gasteiger partial charge in [0, 0.05) is 52.7 Å². The van der Waals surface area contributed by atoms with Crippen LogP contribution in [0.3, 0.4) is 0 Å². The van der Waals surface area contributed by atoms with Gasteiger partial charge in [-0.3, -0.25) is 15.1 Å². The Kier molecular flexibility index (Phi) is 8.84. The number of H-pyrrole nitrogens is 1. The Labute approximate surface area is 246 Å². The number of nitrogens with one attached hydrogen (secondary N) is 4. The van der Waals surface area contributed by atoms with Crippen molar-refractivity contribution < 1.29 is 27.2 Å². The topological polar surface area (TPSA) is 168 Å². The Bertz CT molecular complexity index is 1680. The third-order valence-corrected chi connectivity index (χ3v) is 7.79. The summed E-state index contributed by atoms with van der Waals surface area (Å²) in [5.41, 5.74) is 0.0996. The first-order valence-corrected chi connectivity index (χ1v) is 14.3. The van der Waals surface area contributed by atoms with E-state index in [0.717, 1.165) is 43.4 Å². The number of hydrogen-bond acceptors (Lipinski definition) is 9. The number of thiazole rings is 1. The Morgan fingerprint density at radius 2 is 1.86 bits per heavy atom. The zero-order valence-corrected chi connectivity index (χ0v) is 23.7. The molecule has 12 nitrogen and oxygen atoms in total. The molecule has 0 aromatic carbocycles. The highest BCUT2D eigenvalue weighted by atomic mass is 32.1. The molecule has 1 saturated carbocycles. The van der Waals surface area contributed by atoms with Crippen LogP contribution in [0.25, 0.3) is 33.2 Å². The van der Waals surface area contributed by atoms with Crippen LogP contribution in [-0.2, 0) is 17.4 Å². The van der Waals surface area contributed by atoms with Crippen molar-refractivity contribution in [3.05, 3.63) is 51.8 Å². The molecule has 0 aliphatic heterocycles. The van der Waals surface area contributed by atoms with Gasteiger partial charge in [0.15, 0.2) is 5.69 Å². The zero-order chi connectivity index (χ0) is 30.6. The van der Waals surface area contributed by atoms with E-state index in [0.29, 0.717) is 23.2 Å². The summed E-state index contributed by atoms with van der Waals surface area (Å²) in [6, 6.07) is 2.36. The maximum absolute atomic E-state index is 14.2. The highest BCUT2D eigenvalue weighted by molar-refractivity contribution is 7.15. The first-order valence-electron chi connectivity index (χ1n) is 13.5. The Hall–Kier alpha value is -4.60. The van der Waals surface area contributed by atoms with Gasteiger partial charge in [-0.25, -0.2) is 24.7 Å². The van der Waals surface area contributed by atoms with Crippen molar-refractivity contribution >= 4 is 29.1 Å². The van der Waals surface area contributed by atoms with Gasteiger partial charge in [0.25, 0.3) is 5.89 Å². The standard InChI is InChI=1S/C27H27F3N8O4S/c1-2-32-25(40)35-20-9-17(18(13-33-20)14-8-15(12-31-11-14)23-37-38-26(41)42-23)24-36-22(27(28,29)30)19(43-24)10-21(39)34-16-6-4-3-5-7-16/h8-9,11-13,16H,2-7,10H2,1H3,(H,34,39)(H,38,41)(H2,32,33,35,40). The lowest BCUT2D eigenvalue weighted by atomic mass is 9.95. The van der Waals surface area contributed by atoms with E-state index in [2.05, 4.69) is 41.1 Å². The van der Waals surface area contributed by atoms with E-state index in [4.69, 9.17) is 4.42 Å². The molecule has 226 valence electrons. The van der Waals surface area contributed by atoms with Crippen LogP contribution in [0.2, 0.25) is 0 Å². The highest BCUT2D eigenvalue weighted by Crippen LogP contribution is 2.41. The zero-order valence-electron chi connectivity index (χ0n) is 22.9. The first kappa shape index (κ1) is 29.9. The molecule has 0 atom stereocenters. The van der Waals surface area contributed by atoms with E-state index in [1.165, 1.54) is 24.7 Å². The van der Waals surface area contributed by atoms with Crippen LogP contribution in [-0.4, -0.2) is 49.7 Å². The minimum atomic E-state index is -4.82. The van der Waals surface area contributed by atoms with Crippen molar-refractivity contribution in [3.63, 3.8) is 0 Å². The second-order valence-electron chi connectivity index (χ2n) is 9.85. The van der Waals surface area contributed by atoms with Crippen LogP contribution < -0.4 is 21.7 Å². The average molecular weight is 617 g/mol. The number of pyridine rings is 2. The number of anilines is 1. The van der Waals surface area contributed by atoms with Crippen LogP contribution in [0.5, 0.6) is 0 Å². The lowest BCUT2D eigenvalue weighted by molar-refractivity contribution is -0.141. The number of urea groups is 1. The van der Waals surface area contributed by atoms with Crippen molar-refractivity contribution in [1.82, 2.24) is 35.8 Å². The van der Waals surface area contributed by atoms with Crippen LogP contribution in [0.1, 0.15) is 49.6 Å². The number of aromatic nitrogens is 5. The molecule has 0 bridgehead atoms. The molecule has 1 aliphatic rings. The fourth-order valence-electron chi connectivity index (χ4n) is 4.79. The number of halogens is 3. The molecule has 0 radical (unpaired) electrons. The lowest BCUT2D eigenvalue weighted by Gasteiger charge is -2.22. The molecule has 4 N–H and O–H groups in total. The van der Waals surface area contributed by atoms with Crippen LogP contribution in [0.15, 0.2) is 39.9 Å². The van der Waals surface area contributed by atoms with Gasteiger partial charge < -0.3 is 15.1 Å². The Morgan fingerprint density at radius 1 is 1.09 bits per heavy atom. The van der Waals surface area contributed by atoms with Gasteiger partial charge in [-0.1, -0.05) is 19.3 Å². The maximum Gasteiger partial charge on any atom is 0.434 e. The number of amides is 3. The van der Waals surface area contributed by atoms with Gasteiger partial charge in [0.2, 0.25) is 5.91 Å². The number of hydrogen-bond donors (Lipinski definition) is 4. The molecule has 16 heteroatoms. The molecule has 4 aromatic heterocycles. The Balaban J connectivity index is 1.56. The van der Waals surface area contributed by atoms with Crippen molar-refractivity contribution in [2.45, 2.75) is 57.7 Å². The van der Waals surface area contributed by atoms with E-state index in [9.17, 15) is 27.6 Å². The third kappa shape index (κ3) is 7.25. The van der Waals surface area contributed by atoms with Gasteiger partial charge in [-0.05, 0) is 31.9 Å². The molecule has 0 spiro atoms. The fourth-order valence-corrected chi connectivity index (χ4v) is 5.90. The van der Waals surface area contributed by atoms with E-state index in [1.807, 2.05) is 0 Å². The van der Waals surface area contributed by atoms with Crippen LogP contribution in [0.4, 0.5) is 23.8 Å². The average Bonchev–Trinajstić information content (AvgIpc) is 3.60. The van der Waals surface area contributed by atoms with Crippen LogP contribution in [0, 0.1) is 0 Å². The van der Waals surface area contributed by atoms with E-state index in [-0.39, 0.29) is 33.2 Å². The monoisotopic (exact) mass is 616 g/mol. The summed E-state index contributed by atoms with van der Waals surface area (Å²) in [6.45, 7) is 2.06. The quantitative estimate of drug-likeness (QED) is 0.220. The second kappa shape index (κ2) is 12.7. The lowest BCUT2D eigenvalue weighted by Crippen LogP contribution is -2.37. The van der Waals surface area contributed by atoms with Crippen molar-refractivity contribution in [3.8, 4) is 33.2 Å². The minimum Gasteiger partial charge on any atom is -0.388 e. The Morgan fingerprint density at radius 3 is 2.56 bits per heavy atom. The van der Waals surface area contributed by atoms with Gasteiger partial charge in [-0.2, -0.15) is 13.2 Å². The second-order valence-corrected chi connectivity index (χ2v) is 10.9. The number of alkyl halides is 3. The molecule has 1 aliphatic carbocycles. The number of aromatic amines is 1. The summed E-state index contributed by atoms with van der Waals surface area (Å²) < 4.78 is 47.5. The van der Waals surface area contributed by atoms with Crippen LogP contribution >= 0.6 is 11.3 Å². The number of nitrogens with zero attached hydrogens (tertiary/aromatic N) is 4. The van der Waals surface area contributed by atoms with Crippen molar-refractivity contribution in [1.29, 1.82) is 0 Å².